The van der Waals surface area contributed by atoms with Crippen LogP contribution in [-0.2, 0) is 36.5 Å². The molecule has 0 N–H and O–H groups in total. The van der Waals surface area contributed by atoms with Crippen LogP contribution in [0.15, 0.2) is 23.1 Å². The zero-order valence-corrected chi connectivity index (χ0v) is 14.4. The number of Topliss-reactive ketones (excluding diaryl/α,β-unsaturated/α-hetero) is 3. The second-order valence-electron chi connectivity index (χ2n) is 5.29. The van der Waals surface area contributed by atoms with Gasteiger partial charge in [0.2, 0.25) is 0 Å². The molecule has 0 bridgehead atoms. The number of benzene rings is 1. The summed E-state index contributed by atoms with van der Waals surface area (Å²) in [5, 5.41) is 11.1. The summed E-state index contributed by atoms with van der Waals surface area (Å²) in [5.74, 6) is -3.61. The predicted molar refractivity (Wildman–Crippen MR) is 77.9 cm³/mol. The molecule has 1 fully saturated rings. The van der Waals surface area contributed by atoms with Gasteiger partial charge in [-0.2, -0.15) is 0 Å². The summed E-state index contributed by atoms with van der Waals surface area (Å²) < 4.78 is 23.0. The smallest absolute Gasteiger partial charge is 0.298 e. The molecular formula is C14H13FeNO7S+2. The van der Waals surface area contributed by atoms with E-state index in [0.717, 1.165) is 24.5 Å². The third kappa shape index (κ3) is 3.95. The van der Waals surface area contributed by atoms with E-state index < -0.39 is 49.3 Å². The number of sulfone groups is 1. The van der Waals surface area contributed by atoms with E-state index in [1.54, 1.807) is 0 Å². The number of carbonyl (C=O) groups excluding carboxylic acids is 3. The molecule has 128 valence electrons. The van der Waals surface area contributed by atoms with Crippen LogP contribution < -0.4 is 0 Å². The molecule has 0 atom stereocenters. The largest absolute Gasteiger partial charge is 2.00 e. The van der Waals surface area contributed by atoms with Gasteiger partial charge in [0.1, 0.15) is 5.92 Å². The molecule has 0 aromatic heterocycles. The van der Waals surface area contributed by atoms with Crippen LogP contribution in [0.5, 0.6) is 0 Å². The van der Waals surface area contributed by atoms with Crippen LogP contribution in [-0.4, -0.2) is 36.9 Å². The van der Waals surface area contributed by atoms with Gasteiger partial charge in [-0.25, -0.2) is 8.42 Å². The van der Waals surface area contributed by atoms with Crippen LogP contribution in [0.2, 0.25) is 0 Å². The average molecular weight is 395 g/mol. The first-order chi connectivity index (χ1) is 10.6. The van der Waals surface area contributed by atoms with Gasteiger partial charge in [0.25, 0.3) is 5.69 Å². The number of hydrogen-bond donors (Lipinski definition) is 0. The van der Waals surface area contributed by atoms with E-state index in [0.29, 0.717) is 6.42 Å². The molecule has 1 saturated carbocycles. The van der Waals surface area contributed by atoms with Gasteiger partial charge in [0.05, 0.1) is 15.4 Å². The van der Waals surface area contributed by atoms with Crippen LogP contribution >= 0.6 is 0 Å². The summed E-state index contributed by atoms with van der Waals surface area (Å²) in [6.07, 6.45) is 1.37. The van der Waals surface area contributed by atoms with Crippen LogP contribution in [0.25, 0.3) is 0 Å². The van der Waals surface area contributed by atoms with Gasteiger partial charge in [0, 0.05) is 25.2 Å². The normalized spacial score (nSPS) is 15.7. The Balaban J connectivity index is 0.00000288. The molecule has 0 unspecified atom stereocenters. The molecule has 0 saturated heterocycles. The van der Waals surface area contributed by atoms with Crippen LogP contribution in [0.3, 0.4) is 0 Å². The van der Waals surface area contributed by atoms with Crippen molar-refractivity contribution in [2.75, 3.05) is 6.26 Å². The average Bonchev–Trinajstić information content (AvgIpc) is 2.45. The summed E-state index contributed by atoms with van der Waals surface area (Å²) in [6, 6.07) is 2.79. The van der Waals surface area contributed by atoms with Gasteiger partial charge in [-0.05, 0) is 18.6 Å². The molecule has 2 rings (SSSR count). The molecule has 0 heterocycles. The zero-order chi connectivity index (χ0) is 17.4. The molecule has 0 amide bonds. The molecule has 1 aliphatic rings. The Kier molecular flexibility index (Phi) is 6.15. The summed E-state index contributed by atoms with van der Waals surface area (Å²) in [7, 11) is -3.70. The van der Waals surface area contributed by atoms with Crippen molar-refractivity contribution in [2.24, 2.45) is 5.92 Å². The van der Waals surface area contributed by atoms with Gasteiger partial charge in [-0.1, -0.05) is 0 Å². The minimum absolute atomic E-state index is 0. The number of ketones is 3. The predicted octanol–water partition coefficient (Wildman–Crippen LogP) is 1.12. The van der Waals surface area contributed by atoms with Crippen LogP contribution in [0, 0.1) is 16.0 Å². The summed E-state index contributed by atoms with van der Waals surface area (Å²) in [6.45, 7) is 0. The van der Waals surface area contributed by atoms with E-state index in [1.807, 2.05) is 0 Å². The Labute approximate surface area is 148 Å². The molecule has 1 aliphatic carbocycles. The van der Waals surface area contributed by atoms with E-state index in [4.69, 9.17) is 0 Å². The van der Waals surface area contributed by atoms with Gasteiger partial charge < -0.3 is 0 Å². The van der Waals surface area contributed by atoms with E-state index >= 15 is 0 Å². The van der Waals surface area contributed by atoms with E-state index in [-0.39, 0.29) is 34.8 Å². The molecule has 8 nitrogen and oxygen atoms in total. The Morgan fingerprint density at radius 1 is 1.21 bits per heavy atom. The summed E-state index contributed by atoms with van der Waals surface area (Å²) in [5.41, 5.74) is -1.17. The zero-order valence-electron chi connectivity index (χ0n) is 12.5. The first kappa shape index (κ1) is 20.1. The molecule has 1 aromatic rings. The van der Waals surface area contributed by atoms with Crippen molar-refractivity contribution in [3.63, 3.8) is 0 Å². The molecule has 10 heteroatoms. The standard InChI is InChI=1S/C14H13NO7S.Fe/c1-23(21,22)8-5-6-9(10(7-8)15(19)20)14(18)13-11(16)3-2-4-12(13)17;/h5-7,13H,2-4H2,1H3;/q;+2. The second kappa shape index (κ2) is 7.33. The fourth-order valence-electron chi connectivity index (χ4n) is 2.45. The fourth-order valence-corrected chi connectivity index (χ4v) is 3.10. The van der Waals surface area contributed by atoms with Crippen LogP contribution in [0.1, 0.15) is 29.6 Å². The monoisotopic (exact) mass is 395 g/mol. The maximum Gasteiger partial charge on any atom is 2.00 e. The Morgan fingerprint density at radius 2 is 1.75 bits per heavy atom. The number of nitrogens with zero attached hydrogens (tertiary/aromatic N) is 1. The topological polar surface area (TPSA) is 128 Å². The number of nitro groups is 1. The molecule has 0 radical (unpaired) electrons. The molecule has 1 aromatic carbocycles. The maximum absolute atomic E-state index is 12.4. The van der Waals surface area contributed by atoms with E-state index in [2.05, 4.69) is 0 Å². The van der Waals surface area contributed by atoms with E-state index in [9.17, 15) is 32.9 Å². The quantitative estimate of drug-likeness (QED) is 0.246. The Morgan fingerprint density at radius 3 is 2.21 bits per heavy atom. The van der Waals surface area contributed by atoms with Gasteiger partial charge in [-0.3, -0.25) is 24.5 Å². The van der Waals surface area contributed by atoms with Crippen molar-refractivity contribution in [3.05, 3.63) is 33.9 Å². The number of nitro benzene ring substituents is 1. The third-order valence-electron chi connectivity index (χ3n) is 3.61. The maximum atomic E-state index is 12.4. The third-order valence-corrected chi connectivity index (χ3v) is 4.72. The fraction of sp³-hybridized carbons (Fsp3) is 0.357. The minimum atomic E-state index is -3.70. The minimum Gasteiger partial charge on any atom is -0.298 e. The van der Waals surface area contributed by atoms with Gasteiger partial charge in [0.15, 0.2) is 27.2 Å². The van der Waals surface area contributed by atoms with Crippen molar-refractivity contribution in [2.45, 2.75) is 24.2 Å². The Hall–Kier alpha value is -1.90. The number of hydrogen-bond acceptors (Lipinski definition) is 7. The number of rotatable bonds is 4. The summed E-state index contributed by atoms with van der Waals surface area (Å²) in [4.78, 5) is 46.0. The first-order valence-electron chi connectivity index (χ1n) is 6.71. The second-order valence-corrected chi connectivity index (χ2v) is 7.31. The van der Waals surface area contributed by atoms with Gasteiger partial charge >= 0.3 is 17.1 Å². The van der Waals surface area contributed by atoms with E-state index in [1.165, 1.54) is 0 Å². The molecular weight excluding hydrogens is 382 g/mol. The van der Waals surface area contributed by atoms with Crippen molar-refractivity contribution in [1.29, 1.82) is 0 Å². The first-order valence-corrected chi connectivity index (χ1v) is 8.60. The Bertz CT molecular complexity index is 816. The van der Waals surface area contributed by atoms with Crippen molar-refractivity contribution in [1.82, 2.24) is 0 Å². The molecule has 0 aliphatic heterocycles. The molecule has 24 heavy (non-hydrogen) atoms. The van der Waals surface area contributed by atoms with Gasteiger partial charge in [-0.15, -0.1) is 0 Å². The van der Waals surface area contributed by atoms with Crippen LogP contribution in [0.4, 0.5) is 5.69 Å². The van der Waals surface area contributed by atoms with Crippen molar-refractivity contribution >= 4 is 32.9 Å². The van der Waals surface area contributed by atoms with Crippen molar-refractivity contribution < 1.29 is 44.8 Å². The molecule has 0 spiro atoms. The van der Waals surface area contributed by atoms with Crippen molar-refractivity contribution in [3.8, 4) is 0 Å². The number of carbonyl (C=O) groups is 3. The summed E-state index contributed by atoms with van der Waals surface area (Å²) >= 11 is 0. The SMILES string of the molecule is CS(=O)(=O)c1ccc(C(=O)C2C(=O)CCCC2=O)c([N+](=O)[O-])c1.[Fe+2].